The van der Waals surface area contributed by atoms with Crippen molar-refractivity contribution < 1.29 is 27.9 Å². The lowest BCUT2D eigenvalue weighted by molar-refractivity contribution is -0.137. The number of carbonyl (C=O) groups excluding carboxylic acids is 2. The molecule has 1 aliphatic heterocycles. The first-order valence-electron chi connectivity index (χ1n) is 7.94. The Kier molecular flexibility index (Phi) is 5.28. The van der Waals surface area contributed by atoms with Crippen LogP contribution >= 0.6 is 0 Å². The second-order valence-corrected chi connectivity index (χ2v) is 6.40. The highest BCUT2D eigenvalue weighted by atomic mass is 19.4. The van der Waals surface area contributed by atoms with Gasteiger partial charge in [-0.15, -0.1) is 0 Å². The molecule has 0 bridgehead atoms. The third-order valence-electron chi connectivity index (χ3n) is 4.30. The van der Waals surface area contributed by atoms with E-state index in [9.17, 15) is 22.8 Å². The Balaban J connectivity index is 2.44. The Hall–Kier alpha value is -2.60. The minimum Gasteiger partial charge on any atom is -0.396 e. The first kappa shape index (κ1) is 19.7. The molecule has 0 spiro atoms. The average Bonchev–Trinajstić information content (AvgIpc) is 2.73. The zero-order chi connectivity index (χ0) is 19.7. The Bertz CT molecular complexity index is 769. The van der Waals surface area contributed by atoms with Gasteiger partial charge in [0.15, 0.2) is 0 Å². The predicted octanol–water partition coefficient (Wildman–Crippen LogP) is 2.90. The summed E-state index contributed by atoms with van der Waals surface area (Å²) in [6, 6.07) is 3.47. The molecular formula is C17H18F3N3O3. The van der Waals surface area contributed by atoms with Gasteiger partial charge in [-0.1, -0.05) is 0 Å². The topological polar surface area (TPSA) is 84.6 Å². The van der Waals surface area contributed by atoms with Crippen LogP contribution in [-0.2, 0) is 11.0 Å². The number of aliphatic hydroxyl groups excluding tert-OH is 1. The van der Waals surface area contributed by atoms with Crippen molar-refractivity contribution in [3.8, 4) is 6.07 Å². The highest BCUT2D eigenvalue weighted by molar-refractivity contribution is 6.23. The van der Waals surface area contributed by atoms with Gasteiger partial charge in [0.25, 0.3) is 5.91 Å². The molecule has 6 nitrogen and oxygen atoms in total. The number of halogens is 3. The number of benzene rings is 1. The molecule has 1 heterocycles. The van der Waals surface area contributed by atoms with Crippen LogP contribution in [0.2, 0.25) is 0 Å². The molecule has 1 aliphatic rings. The summed E-state index contributed by atoms with van der Waals surface area (Å²) in [5.41, 5.74) is -3.24. The van der Waals surface area contributed by atoms with Gasteiger partial charge in [-0.2, -0.15) is 18.4 Å². The smallest absolute Gasteiger partial charge is 0.396 e. The number of aliphatic hydroxyl groups is 1. The van der Waals surface area contributed by atoms with Crippen molar-refractivity contribution in [2.24, 2.45) is 0 Å². The maximum atomic E-state index is 13.2. The number of carbonyl (C=O) groups is 2. The summed E-state index contributed by atoms with van der Waals surface area (Å²) in [5, 5.41) is 17.7. The third kappa shape index (κ3) is 3.37. The van der Waals surface area contributed by atoms with Crippen LogP contribution in [0.5, 0.6) is 0 Å². The van der Waals surface area contributed by atoms with E-state index in [4.69, 9.17) is 10.4 Å². The Morgan fingerprint density at radius 1 is 1.23 bits per heavy atom. The van der Waals surface area contributed by atoms with E-state index in [1.807, 2.05) is 0 Å². The number of urea groups is 1. The van der Waals surface area contributed by atoms with Crippen LogP contribution in [0.1, 0.15) is 37.8 Å². The van der Waals surface area contributed by atoms with E-state index in [0.29, 0.717) is 23.8 Å². The standard InChI is InChI=1S/C17H18F3N3O3/c1-16(2)14(25)23(15(26)22(16)7-3-4-8-24)12-6-5-11(10-21)13(9-12)17(18,19)20/h5-6,9,24H,3-4,7-8H2,1-2H3/i10+2. The molecule has 140 valence electrons. The summed E-state index contributed by atoms with van der Waals surface area (Å²) in [6.07, 6.45) is -3.90. The van der Waals surface area contributed by atoms with E-state index in [2.05, 4.69) is 0 Å². The number of imide groups is 1. The van der Waals surface area contributed by atoms with E-state index in [-0.39, 0.29) is 18.8 Å². The molecule has 0 unspecified atom stereocenters. The molecule has 0 saturated carbocycles. The van der Waals surface area contributed by atoms with Gasteiger partial charge in [0.2, 0.25) is 0 Å². The SMILES string of the molecule is CC1(C)C(=O)N(c2ccc([14C]#N)c(C(F)(F)F)c2)C(=O)N1CCCCO. The van der Waals surface area contributed by atoms with Crippen molar-refractivity contribution in [1.29, 1.82) is 5.26 Å². The van der Waals surface area contributed by atoms with Gasteiger partial charge in [0.05, 0.1) is 22.9 Å². The van der Waals surface area contributed by atoms with Crippen molar-refractivity contribution >= 4 is 17.6 Å². The molecule has 1 aromatic rings. The van der Waals surface area contributed by atoms with Crippen molar-refractivity contribution in [2.75, 3.05) is 18.1 Å². The Morgan fingerprint density at radius 3 is 2.42 bits per heavy atom. The molecule has 1 N–H and O–H groups in total. The summed E-state index contributed by atoms with van der Waals surface area (Å²) in [7, 11) is 0. The second-order valence-electron chi connectivity index (χ2n) is 6.40. The predicted molar refractivity (Wildman–Crippen MR) is 86.1 cm³/mol. The first-order valence-corrected chi connectivity index (χ1v) is 7.94. The molecular weight excluding hydrogens is 353 g/mol. The minimum absolute atomic E-state index is 0.0648. The van der Waals surface area contributed by atoms with Gasteiger partial charge in [-0.05, 0) is 44.9 Å². The lowest BCUT2D eigenvalue weighted by atomic mass is 10.0. The van der Waals surface area contributed by atoms with Crippen LogP contribution in [-0.4, -0.2) is 40.6 Å². The van der Waals surface area contributed by atoms with Crippen molar-refractivity contribution in [3.63, 3.8) is 0 Å². The van der Waals surface area contributed by atoms with E-state index in [1.54, 1.807) is 0 Å². The summed E-state index contributed by atoms with van der Waals surface area (Å²) >= 11 is 0. The van der Waals surface area contributed by atoms with Crippen LogP contribution in [0, 0.1) is 11.3 Å². The molecule has 2 rings (SSSR count). The molecule has 9 heteroatoms. The molecule has 1 aromatic carbocycles. The number of rotatable bonds is 5. The lowest BCUT2D eigenvalue weighted by Gasteiger charge is -2.27. The van der Waals surface area contributed by atoms with Crippen LogP contribution in [0.25, 0.3) is 0 Å². The Morgan fingerprint density at radius 2 is 1.88 bits per heavy atom. The fraction of sp³-hybridized carbons (Fsp3) is 0.471. The van der Waals surface area contributed by atoms with Crippen molar-refractivity contribution in [2.45, 2.75) is 38.4 Å². The van der Waals surface area contributed by atoms with Gasteiger partial charge < -0.3 is 10.0 Å². The monoisotopic (exact) mass is 371 g/mol. The van der Waals surface area contributed by atoms with Crippen LogP contribution in [0.15, 0.2) is 18.2 Å². The lowest BCUT2D eigenvalue weighted by Crippen LogP contribution is -2.44. The summed E-state index contributed by atoms with van der Waals surface area (Å²) in [4.78, 5) is 27.3. The summed E-state index contributed by atoms with van der Waals surface area (Å²) in [6.45, 7) is 3.16. The normalized spacial score (nSPS) is 17.0. The number of amides is 3. The first-order chi connectivity index (χ1) is 12.1. The Labute approximate surface area is 148 Å². The van der Waals surface area contributed by atoms with E-state index < -0.39 is 34.8 Å². The minimum atomic E-state index is -4.79. The second kappa shape index (κ2) is 6.96. The van der Waals surface area contributed by atoms with Crippen LogP contribution < -0.4 is 4.90 Å². The summed E-state index contributed by atoms with van der Waals surface area (Å²) < 4.78 is 39.5. The quantitative estimate of drug-likeness (QED) is 0.637. The fourth-order valence-corrected chi connectivity index (χ4v) is 2.82. The molecule has 3 amide bonds. The van der Waals surface area contributed by atoms with Crippen molar-refractivity contribution in [3.05, 3.63) is 29.3 Å². The zero-order valence-electron chi connectivity index (χ0n) is 14.3. The largest absolute Gasteiger partial charge is 0.417 e. The van der Waals surface area contributed by atoms with Crippen LogP contribution in [0.4, 0.5) is 23.7 Å². The number of unbranched alkanes of at least 4 members (excludes halogenated alkanes) is 1. The van der Waals surface area contributed by atoms with Crippen LogP contribution in [0.3, 0.4) is 0 Å². The molecule has 0 aromatic heterocycles. The number of alkyl halides is 3. The third-order valence-corrected chi connectivity index (χ3v) is 4.30. The van der Waals surface area contributed by atoms with E-state index >= 15 is 0 Å². The van der Waals surface area contributed by atoms with Gasteiger partial charge >= 0.3 is 12.2 Å². The summed E-state index contributed by atoms with van der Waals surface area (Å²) in [5.74, 6) is -0.649. The molecule has 0 atom stereocenters. The van der Waals surface area contributed by atoms with Gasteiger partial charge in [-0.3, -0.25) is 4.79 Å². The number of anilines is 1. The van der Waals surface area contributed by atoms with E-state index in [0.717, 1.165) is 12.1 Å². The average molecular weight is 371 g/mol. The number of hydrogen-bond acceptors (Lipinski definition) is 4. The molecule has 1 fully saturated rings. The van der Waals surface area contributed by atoms with Gasteiger partial charge in [-0.25, -0.2) is 9.69 Å². The fourth-order valence-electron chi connectivity index (χ4n) is 2.82. The number of hydrogen-bond donors (Lipinski definition) is 1. The van der Waals surface area contributed by atoms with E-state index in [1.165, 1.54) is 24.8 Å². The molecule has 26 heavy (non-hydrogen) atoms. The number of nitriles is 1. The highest BCUT2D eigenvalue weighted by Gasteiger charge is 2.51. The van der Waals surface area contributed by atoms with Gasteiger partial charge in [0, 0.05) is 13.2 Å². The highest BCUT2D eigenvalue weighted by Crippen LogP contribution is 2.37. The molecule has 0 aliphatic carbocycles. The molecule has 0 radical (unpaired) electrons. The zero-order valence-corrected chi connectivity index (χ0v) is 14.3. The maximum absolute atomic E-state index is 13.2. The number of nitrogens with zero attached hydrogens (tertiary/aromatic N) is 3. The van der Waals surface area contributed by atoms with Crippen molar-refractivity contribution in [1.82, 2.24) is 4.90 Å². The van der Waals surface area contributed by atoms with Gasteiger partial charge in [0.1, 0.15) is 5.54 Å². The maximum Gasteiger partial charge on any atom is 0.417 e. The molecule has 1 saturated heterocycles.